The lowest BCUT2D eigenvalue weighted by Gasteiger charge is -1.98. The van der Waals surface area contributed by atoms with Gasteiger partial charge in [-0.1, -0.05) is 24.8 Å². The molecule has 0 aromatic heterocycles. The van der Waals surface area contributed by atoms with Crippen LogP contribution in [0.2, 0.25) is 0 Å². The average Bonchev–Trinajstić information content (AvgIpc) is 2.01. The summed E-state index contributed by atoms with van der Waals surface area (Å²) < 4.78 is 5.21. The van der Waals surface area contributed by atoms with Crippen LogP contribution in [0.3, 0.4) is 0 Å². The molecule has 1 heteroatoms. The standard InChI is InChI=1S/C11H16O/c1-5-7-10(3)9-11(4)12-8-6-2/h5-9H,1H2,2-4H3/b8-6-,10-7-,11-9+. The fourth-order valence-corrected chi connectivity index (χ4v) is 0.764. The number of ether oxygens (including phenoxy) is 1. The lowest BCUT2D eigenvalue weighted by Crippen LogP contribution is -1.78. The van der Waals surface area contributed by atoms with Crippen molar-refractivity contribution in [1.29, 1.82) is 0 Å². The molecule has 0 bridgehead atoms. The van der Waals surface area contributed by atoms with Gasteiger partial charge in [0.15, 0.2) is 0 Å². The van der Waals surface area contributed by atoms with Crippen LogP contribution in [0.15, 0.2) is 48.5 Å². The highest BCUT2D eigenvalue weighted by molar-refractivity contribution is 5.22. The van der Waals surface area contributed by atoms with Crippen molar-refractivity contribution >= 4 is 0 Å². The Morgan fingerprint density at radius 3 is 2.50 bits per heavy atom. The Balaban J connectivity index is 4.15. The third-order valence-electron chi connectivity index (χ3n) is 1.20. The summed E-state index contributed by atoms with van der Waals surface area (Å²) in [7, 11) is 0. The topological polar surface area (TPSA) is 9.23 Å². The molecule has 0 atom stereocenters. The molecule has 0 spiro atoms. The Labute approximate surface area is 74.7 Å². The van der Waals surface area contributed by atoms with Gasteiger partial charge in [-0.25, -0.2) is 0 Å². The molecule has 66 valence electrons. The molecule has 0 aliphatic heterocycles. The van der Waals surface area contributed by atoms with Crippen LogP contribution in [-0.4, -0.2) is 0 Å². The summed E-state index contributed by atoms with van der Waals surface area (Å²) in [6.45, 7) is 9.45. The first kappa shape index (κ1) is 10.8. The minimum absolute atomic E-state index is 0.878. The maximum absolute atomic E-state index is 5.21. The zero-order valence-electron chi connectivity index (χ0n) is 8.00. The van der Waals surface area contributed by atoms with E-state index < -0.39 is 0 Å². The van der Waals surface area contributed by atoms with E-state index in [1.807, 2.05) is 39.0 Å². The second-order valence-corrected chi connectivity index (χ2v) is 2.49. The SMILES string of the molecule is C=C/C=C(C)\C=C(/C)O/C=C\C. The molecule has 0 aromatic carbocycles. The van der Waals surface area contributed by atoms with Crippen LogP contribution >= 0.6 is 0 Å². The molecule has 0 amide bonds. The Kier molecular flexibility index (Phi) is 5.80. The Hall–Kier alpha value is -1.24. The third kappa shape index (κ3) is 5.54. The first-order valence-corrected chi connectivity index (χ1v) is 3.96. The lowest BCUT2D eigenvalue weighted by molar-refractivity contribution is 0.352. The van der Waals surface area contributed by atoms with E-state index in [2.05, 4.69) is 6.58 Å². The highest BCUT2D eigenvalue weighted by Crippen LogP contribution is 2.03. The summed E-state index contributed by atoms with van der Waals surface area (Å²) in [5, 5.41) is 0. The van der Waals surface area contributed by atoms with Gasteiger partial charge in [0.2, 0.25) is 0 Å². The molecule has 0 rings (SSSR count). The highest BCUT2D eigenvalue weighted by Gasteiger charge is 1.85. The van der Waals surface area contributed by atoms with E-state index in [1.54, 1.807) is 12.3 Å². The number of hydrogen-bond donors (Lipinski definition) is 0. The molecule has 0 saturated carbocycles. The summed E-state index contributed by atoms with van der Waals surface area (Å²) in [6, 6.07) is 0. The van der Waals surface area contributed by atoms with E-state index >= 15 is 0 Å². The van der Waals surface area contributed by atoms with Gasteiger partial charge in [0.25, 0.3) is 0 Å². The molecule has 1 nitrogen and oxygen atoms in total. The normalized spacial score (nSPS) is 13.6. The second kappa shape index (κ2) is 6.47. The minimum Gasteiger partial charge on any atom is -0.470 e. The smallest absolute Gasteiger partial charge is 0.100 e. The summed E-state index contributed by atoms with van der Waals surface area (Å²) in [6.07, 6.45) is 9.16. The predicted octanol–water partition coefficient (Wildman–Crippen LogP) is 3.57. The van der Waals surface area contributed by atoms with Gasteiger partial charge in [-0.15, -0.1) is 0 Å². The van der Waals surface area contributed by atoms with Crippen molar-refractivity contribution in [3.8, 4) is 0 Å². The quantitative estimate of drug-likeness (QED) is 0.456. The average molecular weight is 164 g/mol. The summed E-state index contributed by atoms with van der Waals surface area (Å²) in [4.78, 5) is 0. The molecule has 0 aliphatic rings. The van der Waals surface area contributed by atoms with Gasteiger partial charge in [-0.05, 0) is 32.4 Å². The second-order valence-electron chi connectivity index (χ2n) is 2.49. The molecule has 12 heavy (non-hydrogen) atoms. The van der Waals surface area contributed by atoms with Gasteiger partial charge in [0, 0.05) is 0 Å². The van der Waals surface area contributed by atoms with E-state index in [0.29, 0.717) is 0 Å². The van der Waals surface area contributed by atoms with E-state index in [9.17, 15) is 0 Å². The lowest BCUT2D eigenvalue weighted by atomic mass is 10.2. The summed E-state index contributed by atoms with van der Waals surface area (Å²) >= 11 is 0. The number of hydrogen-bond acceptors (Lipinski definition) is 1. The third-order valence-corrected chi connectivity index (χ3v) is 1.20. The van der Waals surface area contributed by atoms with Crippen molar-refractivity contribution < 1.29 is 4.74 Å². The fraction of sp³-hybridized carbons (Fsp3) is 0.273. The van der Waals surface area contributed by atoms with Crippen LogP contribution in [0.4, 0.5) is 0 Å². The van der Waals surface area contributed by atoms with Crippen LogP contribution in [0.1, 0.15) is 20.8 Å². The van der Waals surface area contributed by atoms with Crippen molar-refractivity contribution in [2.45, 2.75) is 20.8 Å². The van der Waals surface area contributed by atoms with Crippen molar-refractivity contribution in [2.24, 2.45) is 0 Å². The molecule has 0 radical (unpaired) electrons. The van der Waals surface area contributed by atoms with Gasteiger partial charge in [-0.2, -0.15) is 0 Å². The van der Waals surface area contributed by atoms with Crippen LogP contribution < -0.4 is 0 Å². The van der Waals surface area contributed by atoms with Gasteiger partial charge in [-0.3, -0.25) is 0 Å². The number of allylic oxidation sites excluding steroid dienone is 6. The van der Waals surface area contributed by atoms with Crippen LogP contribution in [0.25, 0.3) is 0 Å². The first-order chi connectivity index (χ1) is 5.70. The minimum atomic E-state index is 0.878. The van der Waals surface area contributed by atoms with Crippen molar-refractivity contribution in [3.63, 3.8) is 0 Å². The Morgan fingerprint density at radius 2 is 2.00 bits per heavy atom. The monoisotopic (exact) mass is 164 g/mol. The van der Waals surface area contributed by atoms with Crippen LogP contribution in [0, 0.1) is 0 Å². The van der Waals surface area contributed by atoms with Gasteiger partial charge >= 0.3 is 0 Å². The molecule has 0 fully saturated rings. The number of rotatable bonds is 4. The fourth-order valence-electron chi connectivity index (χ4n) is 0.764. The zero-order chi connectivity index (χ0) is 9.40. The molecule has 0 N–H and O–H groups in total. The van der Waals surface area contributed by atoms with E-state index in [0.717, 1.165) is 11.3 Å². The van der Waals surface area contributed by atoms with Gasteiger partial charge in [0.05, 0.1) is 6.26 Å². The molecular weight excluding hydrogens is 148 g/mol. The maximum atomic E-state index is 5.21. The Morgan fingerprint density at radius 1 is 1.33 bits per heavy atom. The molecule has 0 aliphatic carbocycles. The Bertz CT molecular complexity index is 219. The van der Waals surface area contributed by atoms with E-state index in [-0.39, 0.29) is 0 Å². The zero-order valence-corrected chi connectivity index (χ0v) is 8.00. The van der Waals surface area contributed by atoms with E-state index in [1.165, 1.54) is 0 Å². The van der Waals surface area contributed by atoms with Gasteiger partial charge < -0.3 is 4.74 Å². The summed E-state index contributed by atoms with van der Waals surface area (Å²) in [5.74, 6) is 0.878. The molecule has 0 aromatic rings. The predicted molar refractivity (Wildman–Crippen MR) is 53.6 cm³/mol. The van der Waals surface area contributed by atoms with E-state index in [4.69, 9.17) is 4.74 Å². The van der Waals surface area contributed by atoms with Crippen molar-refractivity contribution in [2.75, 3.05) is 0 Å². The van der Waals surface area contributed by atoms with Crippen molar-refractivity contribution in [3.05, 3.63) is 48.5 Å². The van der Waals surface area contributed by atoms with Crippen LogP contribution in [-0.2, 0) is 4.74 Å². The molecule has 0 saturated heterocycles. The molecule has 0 unspecified atom stereocenters. The molecule has 0 heterocycles. The van der Waals surface area contributed by atoms with Crippen LogP contribution in [0.5, 0.6) is 0 Å². The van der Waals surface area contributed by atoms with Crippen molar-refractivity contribution in [1.82, 2.24) is 0 Å². The summed E-state index contributed by atoms with van der Waals surface area (Å²) in [5.41, 5.74) is 1.13. The molecular formula is C11H16O. The first-order valence-electron chi connectivity index (χ1n) is 3.96. The maximum Gasteiger partial charge on any atom is 0.100 e. The highest BCUT2D eigenvalue weighted by atomic mass is 16.5. The largest absolute Gasteiger partial charge is 0.470 e. The van der Waals surface area contributed by atoms with Gasteiger partial charge in [0.1, 0.15) is 5.76 Å².